The Morgan fingerprint density at radius 1 is 1.00 bits per heavy atom. The predicted octanol–water partition coefficient (Wildman–Crippen LogP) is 1.19. The molecule has 1 aromatic rings. The minimum atomic E-state index is -0.776. The summed E-state index contributed by atoms with van der Waals surface area (Å²) in [6.07, 6.45) is 7.23. The van der Waals surface area contributed by atoms with Gasteiger partial charge < -0.3 is 9.64 Å². The van der Waals surface area contributed by atoms with Gasteiger partial charge in [-0.15, -0.1) is 0 Å². The summed E-state index contributed by atoms with van der Waals surface area (Å²) in [6, 6.07) is 6.54. The number of hydrogen-bond acceptors (Lipinski definition) is 4. The zero-order chi connectivity index (χ0) is 19.0. The number of carbonyl (C=O) groups is 3. The largest absolute Gasteiger partial charge is 0.497 e. The molecule has 0 radical (unpaired) electrons. The van der Waals surface area contributed by atoms with Crippen LogP contribution in [0.1, 0.15) is 38.5 Å². The summed E-state index contributed by atoms with van der Waals surface area (Å²) in [5.41, 5.74) is 0.394. The Morgan fingerprint density at radius 2 is 1.70 bits per heavy atom. The van der Waals surface area contributed by atoms with Crippen LogP contribution in [-0.2, 0) is 9.59 Å². The lowest BCUT2D eigenvalue weighted by Crippen LogP contribution is -3.19. The number of likely N-dealkylation sites (tertiary alicyclic amines) is 1. The van der Waals surface area contributed by atoms with Gasteiger partial charge in [0.15, 0.2) is 6.67 Å². The first-order valence-corrected chi connectivity index (χ1v) is 9.78. The van der Waals surface area contributed by atoms with E-state index in [1.807, 2.05) is 0 Å². The number of amides is 4. The van der Waals surface area contributed by atoms with Crippen molar-refractivity contribution >= 4 is 23.5 Å². The molecule has 1 saturated carbocycles. The predicted molar refractivity (Wildman–Crippen MR) is 98.4 cm³/mol. The lowest BCUT2D eigenvalue weighted by Gasteiger charge is -2.41. The van der Waals surface area contributed by atoms with Crippen LogP contribution in [0.4, 0.5) is 10.5 Å². The third-order valence-electron chi connectivity index (χ3n) is 6.25. The highest BCUT2D eigenvalue weighted by Gasteiger charge is 2.48. The Bertz CT molecular complexity index is 746. The number of quaternary nitrogens is 1. The van der Waals surface area contributed by atoms with E-state index in [9.17, 15) is 14.4 Å². The van der Waals surface area contributed by atoms with Gasteiger partial charge in [-0.2, -0.15) is 0 Å². The topological polar surface area (TPSA) is 71.4 Å². The third-order valence-corrected chi connectivity index (χ3v) is 6.25. The standard InChI is InChI=1S/C20H25N3O4/c1-27-16-10-8-15(9-11-16)23-19(25)18(24)22(20(23)26)13-21-12-4-6-14-5-2-3-7-17(14)21/h8-11,14,17H,2-7,12-13H2,1H3/p+1/t14-,17+/m1/s1. The van der Waals surface area contributed by atoms with Crippen molar-refractivity contribution in [1.82, 2.24) is 4.90 Å². The summed E-state index contributed by atoms with van der Waals surface area (Å²) in [4.78, 5) is 41.3. The molecule has 1 aliphatic carbocycles. The molecule has 0 aromatic heterocycles. The van der Waals surface area contributed by atoms with Crippen molar-refractivity contribution in [2.24, 2.45) is 5.92 Å². The normalized spacial score (nSPS) is 28.5. The van der Waals surface area contributed by atoms with Gasteiger partial charge in [0.05, 0.1) is 25.4 Å². The van der Waals surface area contributed by atoms with E-state index in [0.29, 0.717) is 23.4 Å². The van der Waals surface area contributed by atoms with Gasteiger partial charge >= 0.3 is 17.8 Å². The molecule has 4 rings (SSSR count). The Labute approximate surface area is 158 Å². The van der Waals surface area contributed by atoms with E-state index in [1.165, 1.54) is 30.6 Å². The number of hydrogen-bond donors (Lipinski definition) is 1. The van der Waals surface area contributed by atoms with E-state index in [4.69, 9.17) is 4.74 Å². The lowest BCUT2D eigenvalue weighted by molar-refractivity contribution is -0.942. The molecule has 1 N–H and O–H groups in total. The first kappa shape index (κ1) is 18.0. The number of nitrogens with one attached hydrogen (secondary N) is 1. The Balaban J connectivity index is 1.52. The molecule has 1 aromatic carbocycles. The maximum absolute atomic E-state index is 12.9. The van der Waals surface area contributed by atoms with Gasteiger partial charge in [0, 0.05) is 5.92 Å². The van der Waals surface area contributed by atoms with Crippen LogP contribution in [0.3, 0.4) is 0 Å². The summed E-state index contributed by atoms with van der Waals surface area (Å²) in [6.45, 7) is 1.24. The van der Waals surface area contributed by atoms with Crippen molar-refractivity contribution in [3.63, 3.8) is 0 Å². The first-order chi connectivity index (χ1) is 13.1. The lowest BCUT2D eigenvalue weighted by atomic mass is 9.78. The molecule has 7 nitrogen and oxygen atoms in total. The van der Waals surface area contributed by atoms with Crippen LogP contribution in [0.5, 0.6) is 5.75 Å². The Morgan fingerprint density at radius 3 is 2.44 bits per heavy atom. The highest BCUT2D eigenvalue weighted by molar-refractivity contribution is 6.52. The molecule has 3 fully saturated rings. The summed E-state index contributed by atoms with van der Waals surface area (Å²) < 4.78 is 5.11. The smallest absolute Gasteiger partial charge is 0.343 e. The van der Waals surface area contributed by atoms with Crippen LogP contribution in [0.25, 0.3) is 0 Å². The molecule has 2 heterocycles. The van der Waals surface area contributed by atoms with E-state index < -0.39 is 17.8 Å². The van der Waals surface area contributed by atoms with E-state index in [2.05, 4.69) is 0 Å². The van der Waals surface area contributed by atoms with Crippen LogP contribution in [-0.4, -0.2) is 49.1 Å². The molecule has 1 unspecified atom stereocenters. The molecule has 144 valence electrons. The fourth-order valence-corrected chi connectivity index (χ4v) is 4.87. The van der Waals surface area contributed by atoms with Crippen LogP contribution < -0.4 is 14.5 Å². The minimum Gasteiger partial charge on any atom is -0.497 e. The van der Waals surface area contributed by atoms with Crippen LogP contribution in [0, 0.1) is 5.92 Å². The van der Waals surface area contributed by atoms with Gasteiger partial charge in [0.2, 0.25) is 0 Å². The first-order valence-electron chi connectivity index (χ1n) is 9.78. The molecule has 7 heteroatoms. The second-order valence-corrected chi connectivity index (χ2v) is 7.71. The number of piperidine rings is 1. The molecule has 2 saturated heterocycles. The molecule has 4 amide bonds. The number of benzene rings is 1. The highest BCUT2D eigenvalue weighted by atomic mass is 16.5. The van der Waals surface area contributed by atoms with Crippen molar-refractivity contribution in [3.05, 3.63) is 24.3 Å². The number of methoxy groups -OCH3 is 1. The molecule has 2 aliphatic heterocycles. The van der Waals surface area contributed by atoms with Crippen molar-refractivity contribution in [2.75, 3.05) is 25.2 Å². The average Bonchev–Trinajstić information content (AvgIpc) is 2.91. The van der Waals surface area contributed by atoms with Gasteiger partial charge in [0.25, 0.3) is 0 Å². The van der Waals surface area contributed by atoms with Gasteiger partial charge in [-0.25, -0.2) is 14.6 Å². The molecule has 0 spiro atoms. The maximum Gasteiger partial charge on any atom is 0.343 e. The van der Waals surface area contributed by atoms with E-state index in [-0.39, 0.29) is 6.67 Å². The van der Waals surface area contributed by atoms with Crippen LogP contribution in [0.2, 0.25) is 0 Å². The van der Waals surface area contributed by atoms with E-state index >= 15 is 0 Å². The van der Waals surface area contributed by atoms with Crippen molar-refractivity contribution in [1.29, 1.82) is 0 Å². The number of rotatable bonds is 4. The van der Waals surface area contributed by atoms with Gasteiger partial charge in [-0.3, -0.25) is 9.59 Å². The van der Waals surface area contributed by atoms with Crippen LogP contribution in [0.15, 0.2) is 24.3 Å². The van der Waals surface area contributed by atoms with Gasteiger partial charge in [-0.1, -0.05) is 6.42 Å². The molecular formula is C20H26N3O4+. The summed E-state index contributed by atoms with van der Waals surface area (Å²) in [7, 11) is 1.55. The number of carbonyl (C=O) groups excluding carboxylic acids is 3. The van der Waals surface area contributed by atoms with E-state index in [0.717, 1.165) is 29.2 Å². The second kappa shape index (κ2) is 7.31. The summed E-state index contributed by atoms with van der Waals surface area (Å²) >= 11 is 0. The molecule has 3 atom stereocenters. The quantitative estimate of drug-likeness (QED) is 0.637. The fourth-order valence-electron chi connectivity index (χ4n) is 4.87. The summed E-state index contributed by atoms with van der Waals surface area (Å²) in [5.74, 6) is -0.186. The second-order valence-electron chi connectivity index (χ2n) is 7.71. The van der Waals surface area contributed by atoms with E-state index in [1.54, 1.807) is 31.4 Å². The van der Waals surface area contributed by atoms with Crippen molar-refractivity contribution < 1.29 is 24.0 Å². The average molecular weight is 372 g/mol. The number of anilines is 1. The number of imide groups is 2. The Hall–Kier alpha value is -2.41. The molecule has 3 aliphatic rings. The number of fused-ring (bicyclic) bond motifs is 1. The van der Waals surface area contributed by atoms with Crippen molar-refractivity contribution in [2.45, 2.75) is 44.6 Å². The zero-order valence-corrected chi connectivity index (χ0v) is 15.6. The zero-order valence-electron chi connectivity index (χ0n) is 15.6. The van der Waals surface area contributed by atoms with Gasteiger partial charge in [0.1, 0.15) is 5.75 Å². The number of nitrogens with zero attached hydrogens (tertiary/aromatic N) is 2. The number of urea groups is 1. The summed E-state index contributed by atoms with van der Waals surface area (Å²) in [5, 5.41) is 0. The van der Waals surface area contributed by atoms with Crippen LogP contribution >= 0.6 is 0 Å². The monoisotopic (exact) mass is 372 g/mol. The van der Waals surface area contributed by atoms with Gasteiger partial charge in [-0.05, 0) is 56.4 Å². The maximum atomic E-state index is 12.9. The fraction of sp³-hybridized carbons (Fsp3) is 0.550. The molecule has 27 heavy (non-hydrogen) atoms. The molecular weight excluding hydrogens is 346 g/mol. The molecule has 0 bridgehead atoms. The minimum absolute atomic E-state index is 0.289. The third kappa shape index (κ3) is 3.20. The highest BCUT2D eigenvalue weighted by Crippen LogP contribution is 2.29. The number of ether oxygens (including phenoxy) is 1. The SMILES string of the molecule is COc1ccc(N2C(=O)C(=O)N(C[NH+]3CCC[C@H]4CCCC[C@@H]43)C2=O)cc1. The van der Waals surface area contributed by atoms with Crippen molar-refractivity contribution in [3.8, 4) is 5.75 Å². The Kier molecular flexibility index (Phi) is 4.86.